The molecule has 0 aromatic heterocycles. The van der Waals surface area contributed by atoms with Gasteiger partial charge in [0.15, 0.2) is 54.4 Å². The van der Waals surface area contributed by atoms with Gasteiger partial charge in [0.05, 0.1) is 59.0 Å². The number of aromatic hydroxyl groups is 1. The number of aliphatic hydroxyl groups is 9. The van der Waals surface area contributed by atoms with Crippen LogP contribution in [-0.4, -0.2) is 240 Å². The van der Waals surface area contributed by atoms with Crippen molar-refractivity contribution in [2.24, 2.45) is 29.0 Å². The molecule has 0 radical (unpaired) electrons. The van der Waals surface area contributed by atoms with Gasteiger partial charge in [0, 0.05) is 78.3 Å². The lowest BCUT2D eigenvalue weighted by atomic mass is 9.84. The molecule has 138 heavy (non-hydrogen) atoms. The van der Waals surface area contributed by atoms with Crippen molar-refractivity contribution in [3.8, 4) is 56.8 Å². The summed E-state index contributed by atoms with van der Waals surface area (Å²) in [5.74, 6) is -21.8. The number of phenolic OH excluding ortho intramolecular Hbond substituents is 1. The van der Waals surface area contributed by atoms with E-state index in [9.17, 15) is 65.4 Å². The molecule has 1 aliphatic carbocycles. The van der Waals surface area contributed by atoms with Crippen molar-refractivity contribution in [1.82, 2.24) is 37.2 Å². The summed E-state index contributed by atoms with van der Waals surface area (Å²) in [6.07, 6.45) is -25.3. The smallest absolute Gasteiger partial charge is 0.333 e. The number of ketones is 2. The van der Waals surface area contributed by atoms with Gasteiger partial charge < -0.3 is 148 Å². The van der Waals surface area contributed by atoms with Crippen LogP contribution in [0.5, 0.6) is 34.5 Å². The van der Waals surface area contributed by atoms with Crippen LogP contribution in [0, 0.1) is 11.8 Å². The van der Waals surface area contributed by atoms with Crippen LogP contribution in [0.2, 0.25) is 15.1 Å². The molecule has 0 spiro atoms. The number of nitrogens with one attached hydrogen (secondary N) is 7. The summed E-state index contributed by atoms with van der Waals surface area (Å²) in [7, 11) is 0. The number of hydrogen-bond acceptors (Lipinski definition) is 32. The second-order valence-electron chi connectivity index (χ2n) is 36.6. The summed E-state index contributed by atoms with van der Waals surface area (Å²) in [5, 5.41) is 138. The average Bonchev–Trinajstić information content (AvgIpc) is 1.55. The summed E-state index contributed by atoms with van der Waals surface area (Å²) in [5.41, 5.74) is 15.6. The summed E-state index contributed by atoms with van der Waals surface area (Å²) in [4.78, 5) is 138. The Morgan fingerprint density at radius 1 is 0.674 bits per heavy atom. The van der Waals surface area contributed by atoms with Crippen molar-refractivity contribution >= 4 is 87.8 Å². The van der Waals surface area contributed by atoms with Crippen LogP contribution in [-0.2, 0) is 83.9 Å². The van der Waals surface area contributed by atoms with Crippen molar-refractivity contribution in [2.45, 2.75) is 239 Å². The zero-order valence-corrected chi connectivity index (χ0v) is 78.5. The molecule has 16 rings (SSSR count). The molecule has 9 aliphatic rings. The van der Waals surface area contributed by atoms with Gasteiger partial charge in [-0.25, -0.2) is 4.79 Å². The summed E-state index contributed by atoms with van der Waals surface area (Å²) < 4.78 is 59.3. The first-order valence-electron chi connectivity index (χ1n) is 45.6. The van der Waals surface area contributed by atoms with Crippen LogP contribution in [0.15, 0.2) is 127 Å². The van der Waals surface area contributed by atoms with E-state index in [0.29, 0.717) is 37.5 Å². The third-order valence-electron chi connectivity index (χ3n) is 26.2. The zero-order valence-electron chi connectivity index (χ0n) is 76.2. The number of ether oxygens (including phenoxy) is 9. The van der Waals surface area contributed by atoms with Crippen molar-refractivity contribution in [3.63, 3.8) is 0 Å². The van der Waals surface area contributed by atoms with E-state index >= 15 is 28.8 Å². The number of esters is 1. The lowest BCUT2D eigenvalue weighted by Crippen LogP contribution is -2.65. The maximum absolute atomic E-state index is 17.0. The molecule has 38 nitrogen and oxygen atoms in total. The van der Waals surface area contributed by atoms with Crippen LogP contribution in [0.25, 0.3) is 22.3 Å². The number of benzene rings is 7. The molecule has 742 valence electrons. The number of carbonyl (C=O) groups is 9. The van der Waals surface area contributed by atoms with E-state index in [1.54, 1.807) is 32.9 Å². The van der Waals surface area contributed by atoms with Gasteiger partial charge in [-0.1, -0.05) is 102 Å². The second kappa shape index (κ2) is 43.7. The largest absolute Gasteiger partial charge is 0.508 e. The number of hydrogen-bond donors (Lipinski definition) is 20. The fraction of sp³-hybridized carbons (Fsp3) is 0.474. The maximum Gasteiger partial charge on any atom is 0.333 e. The normalized spacial score (nSPS) is 28.9. The highest BCUT2D eigenvalue weighted by Gasteiger charge is 2.54. The summed E-state index contributed by atoms with van der Waals surface area (Å²) in [6, 6.07) is 21.4. The van der Waals surface area contributed by atoms with Gasteiger partial charge in [0.25, 0.3) is 5.91 Å². The molecule has 6 amide bonds. The lowest BCUT2D eigenvalue weighted by molar-refractivity contribution is -0.334. The fourth-order valence-corrected chi connectivity index (χ4v) is 19.1. The highest BCUT2D eigenvalue weighted by atomic mass is 35.5. The average molecular weight is 1980 g/mol. The van der Waals surface area contributed by atoms with E-state index in [0.717, 1.165) is 53.1 Å². The molecular weight excluding hydrogens is 1860 g/mol. The van der Waals surface area contributed by atoms with E-state index < -0.39 is 281 Å². The van der Waals surface area contributed by atoms with E-state index in [-0.39, 0.29) is 82.9 Å². The van der Waals surface area contributed by atoms with Crippen molar-refractivity contribution in [3.05, 3.63) is 187 Å². The molecule has 0 saturated carbocycles. The number of amides is 6. The van der Waals surface area contributed by atoms with E-state index in [4.69, 9.17) is 94.6 Å². The molecule has 23 N–H and O–H groups in total. The quantitative estimate of drug-likeness (QED) is 0.0181. The van der Waals surface area contributed by atoms with Gasteiger partial charge in [-0.3, -0.25) is 38.4 Å². The molecule has 8 aliphatic heterocycles. The predicted octanol–water partition coefficient (Wildman–Crippen LogP) is 4.63. The van der Waals surface area contributed by atoms with Gasteiger partial charge in [-0.05, 0) is 202 Å². The zero-order chi connectivity index (χ0) is 99.4. The predicted molar refractivity (Wildman–Crippen MR) is 495 cm³/mol. The number of primary amides is 1. The Kier molecular flexibility index (Phi) is 32.8. The number of phenols is 1. The van der Waals surface area contributed by atoms with Crippen LogP contribution >= 0.6 is 34.8 Å². The first-order chi connectivity index (χ1) is 65.5. The third kappa shape index (κ3) is 23.1. The van der Waals surface area contributed by atoms with Gasteiger partial charge >= 0.3 is 5.97 Å². The van der Waals surface area contributed by atoms with Gasteiger partial charge in [-0.15, -0.1) is 0 Å². The summed E-state index contributed by atoms with van der Waals surface area (Å²) in [6.45, 7) is 9.18. The molecule has 3 saturated heterocycles. The Bertz CT molecular complexity index is 5690. The first kappa shape index (κ1) is 103. The molecule has 7 aromatic rings. The Morgan fingerprint density at radius 2 is 1.31 bits per heavy atom. The van der Waals surface area contributed by atoms with Crippen LogP contribution in [0.4, 0.5) is 0 Å². The maximum atomic E-state index is 17.0. The minimum atomic E-state index is -3.09. The minimum Gasteiger partial charge on any atom is -0.508 e. The molecule has 23 unspecified atom stereocenters. The van der Waals surface area contributed by atoms with Gasteiger partial charge in [0.2, 0.25) is 47.4 Å². The van der Waals surface area contributed by atoms with Gasteiger partial charge in [-0.2, -0.15) is 0 Å². The minimum absolute atomic E-state index is 0.103. The molecule has 8 heterocycles. The molecular formula is C97H115Cl3N10O28. The molecule has 23 atom stereocenters. The number of fused-ring (bicyclic) bond motifs is 12. The highest BCUT2D eigenvalue weighted by molar-refractivity contribution is 6.32. The topological polar surface area (TPSA) is 601 Å². The number of halogens is 3. The van der Waals surface area contributed by atoms with Gasteiger partial charge in [0.1, 0.15) is 65.9 Å². The SMILES string of the molecule is CCC(CC(C)O)C(=O)NC1C(=O)CC(CC(N)=O)C(=O)NC2C(=O)CC3C(=O)NC(C(=O)NC(C(=O)OCC(=O)NCCCNCCCN)c4cc(O)cc5c4-c4cc3ccc4C5(O)O)C(OC3CC(C)(N)C(O)C(C)O3)c3ccc(c(Cl)c3)Oc3cc2cc(c3OC2OC(CO)C(O)C(O)C2OC2CC(C)(NCc3ccc(-c4ccc(Cl)cc4)cc3)C(O)C(C)O2)Oc2ccc(cc2Cl)C1O. The molecule has 3 fully saturated rings. The number of carbonyl (C=O) groups excluding carboxylic acids is 9. The van der Waals surface area contributed by atoms with E-state index in [2.05, 4.69) is 37.2 Å². The van der Waals surface area contributed by atoms with Crippen molar-refractivity contribution in [1.29, 1.82) is 0 Å². The van der Waals surface area contributed by atoms with E-state index in [1.165, 1.54) is 63.2 Å². The summed E-state index contributed by atoms with van der Waals surface area (Å²) >= 11 is 21.1. The molecule has 7 aromatic carbocycles. The lowest BCUT2D eigenvalue weighted by Gasteiger charge is -2.48. The third-order valence-corrected chi connectivity index (χ3v) is 27.0. The Balaban J connectivity index is 0.956. The number of rotatable bonds is 28. The van der Waals surface area contributed by atoms with Crippen molar-refractivity contribution in [2.75, 3.05) is 39.4 Å². The number of nitrogens with two attached hydrogens (primary N) is 3. The highest BCUT2D eigenvalue weighted by Crippen LogP contribution is 2.54. The standard InChI is InChI=1S/C97H115Cl3N10O28/c1-7-48(28-44(2)112)89(123)109-79-65(114)32-55(35-72(102)116)90(124)107-77-54-33-69(133-67-22-17-52(81(79)118)30-63(67)99)85(138-94-86(83(120)82(119)71(42-111)135-94)137-75-40-96(6,88(122)46(4)132-75)106-41-47-10-12-49(13-11-47)50-14-19-56(98)20-15-50)70(34-54)134-68-23-18-53(31-64(68)100)84(136-74-39-95(5,103)87(121)45(3)131-74)80-92(126)108-78(93(127)130-43-73(117)105-27-9-26-104-25-8-24-101)60-36-57(113)37-62-76(60)59-29-51(16-21-61(59)97(62,128)129)58(38-66(77)115)91(125)110-80/h10-23,29-31,33-34,36-37,44-46,48,55,58,71,74-75,77-84,86-88,94,104,106,111-113,118-122,128-129H,7-9,24-28,32,35,38-43,101,103H2,1-6H3,(H2,102,116)(H,105,117)(H,107,124)(H,108,126)(H,109,123)(H,110,125). The Labute approximate surface area is 808 Å². The van der Waals surface area contributed by atoms with Crippen LogP contribution in [0.1, 0.15) is 174 Å². The Hall–Kier alpha value is -10.5. The van der Waals surface area contributed by atoms with Crippen LogP contribution < -0.4 is 68.6 Å². The monoisotopic (exact) mass is 1970 g/mol. The number of aliphatic hydroxyl groups excluding tert-OH is 7. The molecule has 11 bridgehead atoms. The fourth-order valence-electron chi connectivity index (χ4n) is 18.6. The second-order valence-corrected chi connectivity index (χ2v) is 37.9. The first-order valence-corrected chi connectivity index (χ1v) is 46.7. The molecule has 41 heteroatoms. The van der Waals surface area contributed by atoms with E-state index in [1.807, 2.05) is 36.4 Å². The Morgan fingerprint density at radius 3 is 1.95 bits per heavy atom. The number of Topliss-reactive ketones (excluding diaryl/α,β-unsaturated/α-hetero) is 2. The van der Waals surface area contributed by atoms with Crippen molar-refractivity contribution < 1.29 is 137 Å². The van der Waals surface area contributed by atoms with Crippen LogP contribution in [0.3, 0.4) is 0 Å².